The van der Waals surface area contributed by atoms with Crippen molar-refractivity contribution in [1.29, 1.82) is 0 Å². The molecule has 0 atom stereocenters. The smallest absolute Gasteiger partial charge is 0.222 e. The van der Waals surface area contributed by atoms with Crippen molar-refractivity contribution in [3.8, 4) is 5.75 Å². The van der Waals surface area contributed by atoms with E-state index in [1.54, 1.807) is 0 Å². The van der Waals surface area contributed by atoms with E-state index in [1.807, 2.05) is 14.1 Å². The molecule has 37 heavy (non-hydrogen) atoms. The van der Waals surface area contributed by atoms with Gasteiger partial charge in [-0.25, -0.2) is 0 Å². The van der Waals surface area contributed by atoms with Gasteiger partial charge in [0.15, 0.2) is 5.58 Å². The molecule has 3 aliphatic rings. The number of hydrogen-bond acceptors (Lipinski definition) is 6. The Kier molecular flexibility index (Phi) is 13.5. The summed E-state index contributed by atoms with van der Waals surface area (Å²) in [6.07, 6.45) is 10.2. The van der Waals surface area contributed by atoms with Gasteiger partial charge in [-0.15, -0.1) is 24.8 Å². The van der Waals surface area contributed by atoms with Crippen molar-refractivity contribution < 1.29 is 14.1 Å². The van der Waals surface area contributed by atoms with Crippen molar-refractivity contribution >= 4 is 41.7 Å². The normalized spacial score (nSPS) is 18.6. The zero-order valence-corrected chi connectivity index (χ0v) is 24.4. The van der Waals surface area contributed by atoms with Gasteiger partial charge in [-0.1, -0.05) is 5.16 Å². The number of halogens is 2. The van der Waals surface area contributed by atoms with Crippen LogP contribution in [0.1, 0.15) is 62.6 Å². The fourth-order valence-electron chi connectivity index (χ4n) is 5.20. The number of aromatic nitrogens is 1. The molecule has 3 fully saturated rings. The predicted molar refractivity (Wildman–Crippen MR) is 154 cm³/mol. The van der Waals surface area contributed by atoms with Crippen LogP contribution in [0.4, 0.5) is 0 Å². The lowest BCUT2D eigenvalue weighted by Gasteiger charge is -2.34. The number of fused-ring (bicyclic) bond motifs is 1. The molecule has 2 aromatic rings. The molecule has 210 valence electrons. The maximum Gasteiger partial charge on any atom is 0.222 e. The second kappa shape index (κ2) is 15.8. The van der Waals surface area contributed by atoms with Crippen molar-refractivity contribution in [3.63, 3.8) is 0 Å². The summed E-state index contributed by atoms with van der Waals surface area (Å²) in [7, 11) is 3.75. The third-order valence-corrected chi connectivity index (χ3v) is 7.69. The molecular formula is C28H46Cl2N4O3. The van der Waals surface area contributed by atoms with Crippen LogP contribution in [0, 0.1) is 18.8 Å². The average molecular weight is 558 g/mol. The van der Waals surface area contributed by atoms with Gasteiger partial charge in [0.05, 0.1) is 12.3 Å². The molecule has 9 heteroatoms. The van der Waals surface area contributed by atoms with Gasteiger partial charge in [-0.05, 0) is 109 Å². The first-order chi connectivity index (χ1) is 17.1. The van der Waals surface area contributed by atoms with Crippen molar-refractivity contribution in [2.75, 3.05) is 53.4 Å². The Labute approximate surface area is 234 Å². The third-order valence-electron chi connectivity index (χ3n) is 7.69. The minimum atomic E-state index is 0. The van der Waals surface area contributed by atoms with E-state index in [4.69, 9.17) is 9.26 Å². The fourth-order valence-corrected chi connectivity index (χ4v) is 5.20. The molecule has 1 aromatic carbocycles. The highest BCUT2D eigenvalue weighted by Gasteiger charge is 2.24. The summed E-state index contributed by atoms with van der Waals surface area (Å²) >= 11 is 0. The SMILES string of the molecule is CNC.Cc1c(OCC2CC2)ccc2c(CCC3CCN(CCN4CCCCC4=O)CC3)noc12.Cl.Cl. The van der Waals surface area contributed by atoms with Gasteiger partial charge in [0, 0.05) is 37.0 Å². The predicted octanol–water partition coefficient (Wildman–Crippen LogP) is 5.26. The zero-order chi connectivity index (χ0) is 24.6. The number of likely N-dealkylation sites (tertiary alicyclic amines) is 2. The van der Waals surface area contributed by atoms with Gasteiger partial charge >= 0.3 is 0 Å². The minimum absolute atomic E-state index is 0. The maximum atomic E-state index is 12.0. The number of rotatable bonds is 9. The molecule has 1 N–H and O–H groups in total. The molecule has 7 nitrogen and oxygen atoms in total. The van der Waals surface area contributed by atoms with Crippen LogP contribution < -0.4 is 10.1 Å². The lowest BCUT2D eigenvalue weighted by Crippen LogP contribution is -2.43. The van der Waals surface area contributed by atoms with E-state index in [0.717, 1.165) is 98.4 Å². The summed E-state index contributed by atoms with van der Waals surface area (Å²) in [5.41, 5.74) is 3.04. The first-order valence-corrected chi connectivity index (χ1v) is 13.7. The van der Waals surface area contributed by atoms with E-state index in [9.17, 15) is 4.79 Å². The first kappa shape index (κ1) is 31.7. The highest BCUT2D eigenvalue weighted by molar-refractivity contribution is 5.86. The summed E-state index contributed by atoms with van der Waals surface area (Å²) in [6, 6.07) is 4.22. The Bertz CT molecular complexity index is 958. The van der Waals surface area contributed by atoms with Crippen LogP contribution in [0.25, 0.3) is 11.0 Å². The molecule has 0 bridgehead atoms. The van der Waals surface area contributed by atoms with E-state index in [1.165, 1.54) is 38.5 Å². The number of piperidine rings is 2. The molecule has 5 rings (SSSR count). The number of nitrogens with zero attached hydrogens (tertiary/aromatic N) is 3. The Balaban J connectivity index is 0.000000919. The van der Waals surface area contributed by atoms with Gasteiger partial charge in [-0.3, -0.25) is 4.79 Å². The van der Waals surface area contributed by atoms with Crippen LogP contribution >= 0.6 is 24.8 Å². The van der Waals surface area contributed by atoms with Crippen molar-refractivity contribution in [3.05, 3.63) is 23.4 Å². The van der Waals surface area contributed by atoms with Gasteiger partial charge in [-0.2, -0.15) is 0 Å². The van der Waals surface area contributed by atoms with Crippen molar-refractivity contribution in [2.45, 2.75) is 64.7 Å². The zero-order valence-electron chi connectivity index (χ0n) is 22.8. The summed E-state index contributed by atoms with van der Waals surface area (Å²) < 4.78 is 11.7. The van der Waals surface area contributed by atoms with Gasteiger partial charge in [0.25, 0.3) is 0 Å². The number of hydrogen-bond donors (Lipinski definition) is 1. The molecule has 0 spiro atoms. The number of carbonyl (C=O) groups is 1. The Hall–Kier alpha value is -1.54. The van der Waals surface area contributed by atoms with E-state index >= 15 is 0 Å². The van der Waals surface area contributed by atoms with Crippen LogP contribution in [0.2, 0.25) is 0 Å². The standard InChI is InChI=1S/C26H37N3O3.C2H7N.2ClH/c1-19-24(31-18-21-5-6-21)10-8-22-23(27-32-26(19)22)9-7-20-11-14-28(15-12-20)16-17-29-13-3-2-4-25(29)30;1-3-2;;/h8,10,20-21H,2-7,9,11-18H2,1H3;3H,1-2H3;2*1H. The van der Waals surface area contributed by atoms with Gasteiger partial charge in [0.2, 0.25) is 5.91 Å². The highest BCUT2D eigenvalue weighted by atomic mass is 35.5. The molecule has 1 aromatic heterocycles. The lowest BCUT2D eigenvalue weighted by molar-refractivity contribution is -0.133. The molecule has 1 aliphatic carbocycles. The van der Waals surface area contributed by atoms with Gasteiger partial charge < -0.3 is 24.4 Å². The fraction of sp³-hybridized carbons (Fsp3) is 0.714. The molecule has 1 saturated carbocycles. The Morgan fingerprint density at radius 1 is 1.03 bits per heavy atom. The van der Waals surface area contributed by atoms with E-state index in [2.05, 4.69) is 39.3 Å². The molecule has 0 unspecified atom stereocenters. The summed E-state index contributed by atoms with van der Waals surface area (Å²) in [4.78, 5) is 16.6. The van der Waals surface area contributed by atoms with Crippen LogP contribution in [-0.2, 0) is 11.2 Å². The van der Waals surface area contributed by atoms with Crippen molar-refractivity contribution in [2.24, 2.45) is 11.8 Å². The van der Waals surface area contributed by atoms with E-state index in [0.29, 0.717) is 5.91 Å². The largest absolute Gasteiger partial charge is 0.493 e. The molecule has 0 radical (unpaired) electrons. The summed E-state index contributed by atoms with van der Waals surface area (Å²) in [5.74, 6) is 2.78. The number of benzene rings is 1. The molecule has 3 heterocycles. The van der Waals surface area contributed by atoms with Crippen LogP contribution in [0.15, 0.2) is 16.7 Å². The average Bonchev–Trinajstić information content (AvgIpc) is 3.61. The third kappa shape index (κ3) is 9.02. The van der Waals surface area contributed by atoms with E-state index in [-0.39, 0.29) is 24.8 Å². The number of nitrogens with one attached hydrogen (secondary N) is 1. The number of aryl methyl sites for hydroxylation is 2. The Morgan fingerprint density at radius 3 is 2.43 bits per heavy atom. The second-order valence-electron chi connectivity index (χ2n) is 10.6. The molecule has 2 aliphatic heterocycles. The molecular weight excluding hydrogens is 511 g/mol. The number of amides is 1. The van der Waals surface area contributed by atoms with Crippen LogP contribution in [-0.4, -0.2) is 74.3 Å². The highest BCUT2D eigenvalue weighted by Crippen LogP contribution is 2.34. The van der Waals surface area contributed by atoms with Crippen LogP contribution in [0.5, 0.6) is 5.75 Å². The number of ether oxygens (including phenoxy) is 1. The minimum Gasteiger partial charge on any atom is -0.493 e. The first-order valence-electron chi connectivity index (χ1n) is 13.7. The lowest BCUT2D eigenvalue weighted by atomic mass is 9.91. The van der Waals surface area contributed by atoms with Gasteiger partial charge in [0.1, 0.15) is 5.75 Å². The number of carbonyl (C=O) groups excluding carboxylic acids is 1. The maximum absolute atomic E-state index is 12.0. The van der Waals surface area contributed by atoms with Crippen molar-refractivity contribution in [1.82, 2.24) is 20.3 Å². The van der Waals surface area contributed by atoms with Crippen LogP contribution in [0.3, 0.4) is 0 Å². The molecule has 2 saturated heterocycles. The summed E-state index contributed by atoms with van der Waals surface area (Å²) in [5, 5.41) is 8.31. The topological polar surface area (TPSA) is 70.8 Å². The monoisotopic (exact) mass is 556 g/mol. The quantitative estimate of drug-likeness (QED) is 0.454. The summed E-state index contributed by atoms with van der Waals surface area (Å²) in [6.45, 7) is 8.07. The Morgan fingerprint density at radius 2 is 1.76 bits per heavy atom. The van der Waals surface area contributed by atoms with E-state index < -0.39 is 0 Å². The molecule has 1 amide bonds. The second-order valence-corrected chi connectivity index (χ2v) is 10.6.